The number of likely N-dealkylation sites (N-methyl/N-ethyl adjacent to an activating group) is 2. The van der Waals surface area contributed by atoms with Crippen molar-refractivity contribution in [2.75, 3.05) is 33.7 Å². The molecule has 1 aromatic heterocycles. The van der Waals surface area contributed by atoms with Crippen LogP contribution in [-0.4, -0.2) is 59.5 Å². The van der Waals surface area contributed by atoms with E-state index >= 15 is 0 Å². The van der Waals surface area contributed by atoms with Gasteiger partial charge in [-0.3, -0.25) is 4.79 Å². The number of hydrogen-bond donors (Lipinski definition) is 1. The minimum Gasteiger partial charge on any atom is -0.310 e. The van der Waals surface area contributed by atoms with Crippen LogP contribution in [0.5, 0.6) is 0 Å². The fourth-order valence-electron chi connectivity index (χ4n) is 2.27. The van der Waals surface area contributed by atoms with E-state index in [9.17, 15) is 4.79 Å². The number of rotatable bonds is 2. The van der Waals surface area contributed by atoms with Gasteiger partial charge in [-0.15, -0.1) is 0 Å². The number of aryl methyl sites for hydroxylation is 1. The molecule has 1 fully saturated rings. The van der Waals surface area contributed by atoms with Gasteiger partial charge in [0.15, 0.2) is 0 Å². The minimum atomic E-state index is -0.0932. The Bertz CT molecular complexity index is 487. The van der Waals surface area contributed by atoms with Crippen molar-refractivity contribution < 1.29 is 0 Å². The lowest BCUT2D eigenvalue weighted by molar-refractivity contribution is 0.113. The Kier molecular flexibility index (Phi) is 4.19. The van der Waals surface area contributed by atoms with Gasteiger partial charge in [0.2, 0.25) is 0 Å². The van der Waals surface area contributed by atoms with Gasteiger partial charge >= 0.3 is 0 Å². The van der Waals surface area contributed by atoms with Crippen LogP contribution >= 0.6 is 15.9 Å². The lowest BCUT2D eigenvalue weighted by atomic mass is 10.1. The third-order valence-electron chi connectivity index (χ3n) is 3.49. The van der Waals surface area contributed by atoms with Crippen molar-refractivity contribution in [3.8, 4) is 0 Å². The van der Waals surface area contributed by atoms with E-state index in [4.69, 9.17) is 0 Å². The van der Waals surface area contributed by atoms with Crippen LogP contribution in [0, 0.1) is 6.92 Å². The van der Waals surface area contributed by atoms with E-state index in [1.54, 1.807) is 0 Å². The van der Waals surface area contributed by atoms with Crippen molar-refractivity contribution in [3.63, 3.8) is 0 Å². The summed E-state index contributed by atoms with van der Waals surface area (Å²) in [6, 6.07) is 0.410. The minimum absolute atomic E-state index is 0.0932. The molecule has 2 heterocycles. The van der Waals surface area contributed by atoms with Gasteiger partial charge in [-0.2, -0.15) is 0 Å². The topological polar surface area (TPSA) is 52.2 Å². The lowest BCUT2D eigenvalue weighted by Crippen LogP contribution is -2.51. The molecule has 1 aromatic rings. The average molecular weight is 315 g/mol. The van der Waals surface area contributed by atoms with E-state index in [0.29, 0.717) is 10.5 Å². The Hall–Kier alpha value is -0.720. The van der Waals surface area contributed by atoms with Gasteiger partial charge in [0.05, 0.1) is 5.69 Å². The molecule has 1 saturated heterocycles. The van der Waals surface area contributed by atoms with E-state index in [0.717, 1.165) is 37.6 Å². The molecule has 6 heteroatoms. The number of nitrogens with zero attached hydrogens (tertiary/aromatic N) is 3. The van der Waals surface area contributed by atoms with Crippen LogP contribution in [-0.2, 0) is 6.42 Å². The molecule has 0 aromatic carbocycles. The molecule has 0 spiro atoms. The molecule has 0 saturated carbocycles. The second-order valence-electron chi connectivity index (χ2n) is 5.01. The van der Waals surface area contributed by atoms with Crippen LogP contribution in [0.25, 0.3) is 0 Å². The molecule has 1 atom stereocenters. The second kappa shape index (κ2) is 5.50. The zero-order chi connectivity index (χ0) is 13.3. The van der Waals surface area contributed by atoms with Crippen molar-refractivity contribution >= 4 is 15.9 Å². The summed E-state index contributed by atoms with van der Waals surface area (Å²) in [5, 5.41) is 0. The van der Waals surface area contributed by atoms with Crippen molar-refractivity contribution in [1.29, 1.82) is 0 Å². The molecule has 0 radical (unpaired) electrons. The van der Waals surface area contributed by atoms with Gasteiger partial charge in [-0.25, -0.2) is 4.98 Å². The Morgan fingerprint density at radius 1 is 1.44 bits per heavy atom. The van der Waals surface area contributed by atoms with Gasteiger partial charge in [0, 0.05) is 32.1 Å². The molecule has 1 aliphatic rings. The number of aromatic nitrogens is 2. The number of halogens is 1. The van der Waals surface area contributed by atoms with E-state index in [1.165, 1.54) is 0 Å². The predicted octanol–water partition coefficient (Wildman–Crippen LogP) is 0.629. The highest BCUT2D eigenvalue weighted by atomic mass is 79.9. The van der Waals surface area contributed by atoms with E-state index in [2.05, 4.69) is 49.8 Å². The first kappa shape index (κ1) is 13.7. The molecule has 1 aliphatic heterocycles. The first-order valence-electron chi connectivity index (χ1n) is 6.11. The van der Waals surface area contributed by atoms with Gasteiger partial charge in [-0.05, 0) is 36.9 Å². The highest BCUT2D eigenvalue weighted by Gasteiger charge is 2.23. The normalized spacial score (nSPS) is 22.3. The highest BCUT2D eigenvalue weighted by molar-refractivity contribution is 9.10. The Balaban J connectivity index is 2.16. The average Bonchev–Trinajstić information content (AvgIpc) is 2.31. The quantitative estimate of drug-likeness (QED) is 0.870. The second-order valence-corrected chi connectivity index (χ2v) is 5.81. The Morgan fingerprint density at radius 3 is 2.83 bits per heavy atom. The maximum atomic E-state index is 11.7. The first-order valence-corrected chi connectivity index (χ1v) is 6.90. The van der Waals surface area contributed by atoms with Crippen LogP contribution in [0.4, 0.5) is 0 Å². The molecule has 5 nitrogen and oxygen atoms in total. The van der Waals surface area contributed by atoms with E-state index in [1.807, 2.05) is 6.92 Å². The van der Waals surface area contributed by atoms with Crippen molar-refractivity contribution in [2.24, 2.45) is 0 Å². The number of nitrogens with one attached hydrogen (secondary N) is 1. The summed E-state index contributed by atoms with van der Waals surface area (Å²) in [4.78, 5) is 23.6. The molecule has 0 amide bonds. The maximum absolute atomic E-state index is 11.7. The van der Waals surface area contributed by atoms with E-state index < -0.39 is 0 Å². The van der Waals surface area contributed by atoms with Gasteiger partial charge < -0.3 is 14.8 Å². The third kappa shape index (κ3) is 2.99. The third-order valence-corrected chi connectivity index (χ3v) is 4.42. The standard InChI is InChI=1S/C12H19BrN4O/c1-8-11(13)12(18)15-10(14-8)6-9-7-16(2)4-5-17(9)3/h9H,4-7H2,1-3H3,(H,14,15,18). The largest absolute Gasteiger partial charge is 0.310 e. The zero-order valence-corrected chi connectivity index (χ0v) is 12.6. The summed E-state index contributed by atoms with van der Waals surface area (Å²) in [6.45, 7) is 5.01. The zero-order valence-electron chi connectivity index (χ0n) is 11.0. The van der Waals surface area contributed by atoms with Crippen LogP contribution in [0.15, 0.2) is 9.27 Å². The number of piperazine rings is 1. The van der Waals surface area contributed by atoms with Crippen molar-refractivity contribution in [3.05, 3.63) is 26.3 Å². The fourth-order valence-corrected chi connectivity index (χ4v) is 2.46. The summed E-state index contributed by atoms with van der Waals surface area (Å²) in [5.41, 5.74) is 0.657. The predicted molar refractivity (Wildman–Crippen MR) is 74.9 cm³/mol. The summed E-state index contributed by atoms with van der Waals surface area (Å²) in [5.74, 6) is 0.771. The summed E-state index contributed by atoms with van der Waals surface area (Å²) in [6.07, 6.45) is 0.782. The number of H-pyrrole nitrogens is 1. The highest BCUT2D eigenvalue weighted by Crippen LogP contribution is 2.12. The number of hydrogen-bond acceptors (Lipinski definition) is 4. The summed E-state index contributed by atoms with van der Waals surface area (Å²) >= 11 is 3.23. The van der Waals surface area contributed by atoms with Crippen LogP contribution in [0.3, 0.4) is 0 Å². The lowest BCUT2D eigenvalue weighted by Gasteiger charge is -2.37. The smallest absolute Gasteiger partial charge is 0.265 e. The van der Waals surface area contributed by atoms with Crippen LogP contribution < -0.4 is 5.56 Å². The van der Waals surface area contributed by atoms with Gasteiger partial charge in [0.1, 0.15) is 10.3 Å². The fraction of sp³-hybridized carbons (Fsp3) is 0.667. The molecule has 0 bridgehead atoms. The van der Waals surface area contributed by atoms with Crippen LogP contribution in [0.2, 0.25) is 0 Å². The monoisotopic (exact) mass is 314 g/mol. The molecule has 1 N–H and O–H groups in total. The molecule has 18 heavy (non-hydrogen) atoms. The maximum Gasteiger partial charge on any atom is 0.265 e. The summed E-state index contributed by atoms with van der Waals surface area (Å²) < 4.78 is 0.528. The Morgan fingerprint density at radius 2 is 2.17 bits per heavy atom. The first-order chi connectivity index (χ1) is 8.47. The van der Waals surface area contributed by atoms with Gasteiger partial charge in [0.25, 0.3) is 5.56 Å². The molecule has 0 aliphatic carbocycles. The molecular formula is C12H19BrN4O. The molecule has 1 unspecified atom stereocenters. The van der Waals surface area contributed by atoms with Crippen molar-refractivity contribution in [2.45, 2.75) is 19.4 Å². The van der Waals surface area contributed by atoms with Crippen molar-refractivity contribution in [1.82, 2.24) is 19.8 Å². The molecule has 100 valence electrons. The van der Waals surface area contributed by atoms with Gasteiger partial charge in [-0.1, -0.05) is 0 Å². The summed E-state index contributed by atoms with van der Waals surface area (Å²) in [7, 11) is 4.25. The molecular weight excluding hydrogens is 296 g/mol. The SMILES string of the molecule is Cc1nc(CC2CN(C)CCN2C)[nH]c(=O)c1Br. The Labute approximate surface area is 115 Å². The number of aromatic amines is 1. The molecule has 2 rings (SSSR count). The van der Waals surface area contributed by atoms with Crippen LogP contribution in [0.1, 0.15) is 11.5 Å². The van der Waals surface area contributed by atoms with E-state index in [-0.39, 0.29) is 5.56 Å².